The van der Waals surface area contributed by atoms with Crippen molar-refractivity contribution in [3.05, 3.63) is 10.7 Å². The number of nitrogens with one attached hydrogen (secondary N) is 1. The van der Waals surface area contributed by atoms with Gasteiger partial charge in [-0.3, -0.25) is 4.57 Å². The summed E-state index contributed by atoms with van der Waals surface area (Å²) in [5.41, 5.74) is -0.671. The van der Waals surface area contributed by atoms with Gasteiger partial charge in [-0.2, -0.15) is 0 Å². The van der Waals surface area contributed by atoms with Crippen LogP contribution in [0, 0.1) is 11.8 Å². The summed E-state index contributed by atoms with van der Waals surface area (Å²) in [5, 5.41) is 15.3. The van der Waals surface area contributed by atoms with Gasteiger partial charge in [0.2, 0.25) is 0 Å². The van der Waals surface area contributed by atoms with Crippen molar-refractivity contribution in [2.75, 3.05) is 0 Å². The molecule has 1 amide bonds. The van der Waals surface area contributed by atoms with Crippen LogP contribution in [0.4, 0.5) is 4.79 Å². The van der Waals surface area contributed by atoms with Crippen LogP contribution in [0.1, 0.15) is 45.9 Å². The van der Waals surface area contributed by atoms with Crippen molar-refractivity contribution in [1.29, 1.82) is 0 Å². The average molecular weight is 345 g/mol. The molecule has 1 heterocycles. The smallest absolute Gasteiger partial charge is 0.408 e. The number of aryl methyl sites for hydroxylation is 1. The summed E-state index contributed by atoms with van der Waals surface area (Å²) in [7, 11) is 0. The van der Waals surface area contributed by atoms with Gasteiger partial charge in [-0.25, -0.2) is 9.59 Å². The third kappa shape index (κ3) is 6.81. The van der Waals surface area contributed by atoms with Crippen LogP contribution in [0.5, 0.6) is 0 Å². The molecule has 0 fully saturated rings. The number of nitrogens with zero attached hydrogens (tertiary/aromatic N) is 2. The molecule has 130 valence electrons. The van der Waals surface area contributed by atoms with Gasteiger partial charge < -0.3 is 19.7 Å². The van der Waals surface area contributed by atoms with Gasteiger partial charge in [0.05, 0.1) is 0 Å². The molecule has 0 saturated heterocycles. The highest BCUT2D eigenvalue weighted by molar-refractivity contribution is 7.71. The Morgan fingerprint density at radius 3 is 2.57 bits per heavy atom. The summed E-state index contributed by atoms with van der Waals surface area (Å²) in [4.78, 5) is 23.2. The van der Waals surface area contributed by atoms with E-state index in [0.29, 0.717) is 36.5 Å². The first-order chi connectivity index (χ1) is 10.6. The SMILES string of the molecule is Cc1noc(=S)n1CCCCC(NC(=O)OC(C)(C)C)C(=O)O. The van der Waals surface area contributed by atoms with Crippen molar-refractivity contribution in [3.63, 3.8) is 0 Å². The standard InChI is InChI=1S/C14H23N3O5S/c1-9-16-22-13(23)17(9)8-6-5-7-10(11(18)19)15-12(20)21-14(2,3)4/h10H,5-8H2,1-4H3,(H,15,20)(H,18,19). The second-order valence-electron chi connectivity index (χ2n) is 6.18. The van der Waals surface area contributed by atoms with Crippen LogP contribution in [0.25, 0.3) is 0 Å². The molecule has 0 aromatic carbocycles. The van der Waals surface area contributed by atoms with E-state index in [9.17, 15) is 14.7 Å². The van der Waals surface area contributed by atoms with E-state index in [2.05, 4.69) is 10.5 Å². The Morgan fingerprint density at radius 2 is 2.09 bits per heavy atom. The predicted octanol–water partition coefficient (Wildman–Crippen LogP) is 2.66. The first-order valence-corrected chi connectivity index (χ1v) is 7.76. The zero-order valence-corrected chi connectivity index (χ0v) is 14.6. The molecule has 23 heavy (non-hydrogen) atoms. The molecule has 0 bridgehead atoms. The van der Waals surface area contributed by atoms with E-state index in [1.807, 2.05) is 0 Å². The molecule has 0 aliphatic rings. The number of rotatable bonds is 7. The van der Waals surface area contributed by atoms with E-state index in [4.69, 9.17) is 21.5 Å². The van der Waals surface area contributed by atoms with Crippen LogP contribution in [0.3, 0.4) is 0 Å². The molecule has 9 heteroatoms. The number of amides is 1. The molecule has 1 atom stereocenters. The molecular weight excluding hydrogens is 322 g/mol. The van der Waals surface area contributed by atoms with E-state index in [1.54, 1.807) is 32.3 Å². The third-order valence-corrected chi connectivity index (χ3v) is 3.28. The molecule has 1 rings (SSSR count). The van der Waals surface area contributed by atoms with E-state index in [1.165, 1.54) is 0 Å². The van der Waals surface area contributed by atoms with Crippen LogP contribution in [-0.2, 0) is 16.1 Å². The Morgan fingerprint density at radius 1 is 1.43 bits per heavy atom. The number of carbonyl (C=O) groups excluding carboxylic acids is 1. The molecule has 0 saturated carbocycles. The number of carboxylic acids is 1. The lowest BCUT2D eigenvalue weighted by Crippen LogP contribution is -2.43. The monoisotopic (exact) mass is 345 g/mol. The van der Waals surface area contributed by atoms with Crippen molar-refractivity contribution in [2.45, 2.75) is 65.1 Å². The minimum absolute atomic E-state index is 0.296. The van der Waals surface area contributed by atoms with E-state index in [-0.39, 0.29) is 0 Å². The lowest BCUT2D eigenvalue weighted by Gasteiger charge is -2.22. The van der Waals surface area contributed by atoms with Crippen molar-refractivity contribution in [3.8, 4) is 0 Å². The van der Waals surface area contributed by atoms with Crippen LogP contribution in [0.15, 0.2) is 4.52 Å². The maximum Gasteiger partial charge on any atom is 0.408 e. The quantitative estimate of drug-likeness (QED) is 0.578. The molecular formula is C14H23N3O5S. The number of hydrogen-bond acceptors (Lipinski definition) is 6. The molecule has 1 unspecified atom stereocenters. The number of alkyl carbamates (subject to hydrolysis) is 1. The minimum atomic E-state index is -1.09. The first kappa shape index (κ1) is 19.1. The lowest BCUT2D eigenvalue weighted by molar-refractivity contribution is -0.139. The Balaban J connectivity index is 2.43. The number of hydrogen-bond donors (Lipinski definition) is 2. The number of ether oxygens (including phenoxy) is 1. The highest BCUT2D eigenvalue weighted by atomic mass is 32.1. The van der Waals surface area contributed by atoms with Crippen LogP contribution in [-0.4, -0.2) is 38.5 Å². The summed E-state index contributed by atoms with van der Waals surface area (Å²) in [5.74, 6) is -0.412. The van der Waals surface area contributed by atoms with Gasteiger partial charge in [-0.05, 0) is 59.2 Å². The van der Waals surface area contributed by atoms with Gasteiger partial charge in [0.15, 0.2) is 0 Å². The molecule has 0 radical (unpaired) electrons. The average Bonchev–Trinajstić information content (AvgIpc) is 2.71. The van der Waals surface area contributed by atoms with Crippen LogP contribution in [0.2, 0.25) is 0 Å². The van der Waals surface area contributed by atoms with E-state index in [0.717, 1.165) is 0 Å². The van der Waals surface area contributed by atoms with Crippen molar-refractivity contribution in [2.24, 2.45) is 0 Å². The summed E-state index contributed by atoms with van der Waals surface area (Å²) >= 11 is 4.99. The van der Waals surface area contributed by atoms with Crippen molar-refractivity contribution in [1.82, 2.24) is 15.0 Å². The van der Waals surface area contributed by atoms with Crippen LogP contribution >= 0.6 is 12.2 Å². The van der Waals surface area contributed by atoms with E-state index < -0.39 is 23.7 Å². The molecule has 1 aromatic rings. The van der Waals surface area contributed by atoms with Crippen molar-refractivity contribution >= 4 is 24.3 Å². The summed E-state index contributed by atoms with van der Waals surface area (Å²) < 4.78 is 11.7. The molecule has 1 aromatic heterocycles. The van der Waals surface area contributed by atoms with Gasteiger partial charge in [-0.1, -0.05) is 5.16 Å². The summed E-state index contributed by atoms with van der Waals surface area (Å²) in [6.07, 6.45) is 0.851. The number of aliphatic carboxylic acids is 1. The zero-order valence-electron chi connectivity index (χ0n) is 13.8. The Hall–Kier alpha value is -1.90. The molecule has 2 N–H and O–H groups in total. The third-order valence-electron chi connectivity index (χ3n) is 2.98. The Bertz CT molecular complexity index is 602. The topological polar surface area (TPSA) is 107 Å². The van der Waals surface area contributed by atoms with Gasteiger partial charge >= 0.3 is 12.1 Å². The second kappa shape index (κ2) is 8.09. The molecule has 8 nitrogen and oxygen atoms in total. The maximum absolute atomic E-state index is 11.6. The largest absolute Gasteiger partial charge is 0.480 e. The van der Waals surface area contributed by atoms with Crippen LogP contribution < -0.4 is 5.32 Å². The number of carboxylic acid groups (broad SMARTS) is 1. The highest BCUT2D eigenvalue weighted by Crippen LogP contribution is 2.09. The molecule has 0 aliphatic heterocycles. The van der Waals surface area contributed by atoms with Gasteiger partial charge in [0.25, 0.3) is 4.84 Å². The van der Waals surface area contributed by atoms with Gasteiger partial charge in [-0.15, -0.1) is 0 Å². The first-order valence-electron chi connectivity index (χ1n) is 7.35. The normalized spacial score (nSPS) is 12.7. The lowest BCUT2D eigenvalue weighted by atomic mass is 10.1. The predicted molar refractivity (Wildman–Crippen MR) is 84.7 cm³/mol. The minimum Gasteiger partial charge on any atom is -0.480 e. The zero-order chi connectivity index (χ0) is 17.6. The summed E-state index contributed by atoms with van der Waals surface area (Å²) in [6, 6.07) is -0.985. The van der Waals surface area contributed by atoms with Gasteiger partial charge in [0, 0.05) is 6.54 Å². The number of aromatic nitrogens is 2. The van der Waals surface area contributed by atoms with E-state index >= 15 is 0 Å². The second-order valence-corrected chi connectivity index (χ2v) is 6.53. The number of unbranched alkanes of at least 4 members (excludes halogenated alkanes) is 1. The maximum atomic E-state index is 11.6. The fourth-order valence-electron chi connectivity index (χ4n) is 1.91. The Labute approximate surface area is 139 Å². The van der Waals surface area contributed by atoms with Crippen molar-refractivity contribution < 1.29 is 24.0 Å². The molecule has 0 aliphatic carbocycles. The van der Waals surface area contributed by atoms with Gasteiger partial charge in [0.1, 0.15) is 17.5 Å². The molecule has 0 spiro atoms. The number of carbonyl (C=O) groups is 2. The fourth-order valence-corrected chi connectivity index (χ4v) is 2.18. The Kier molecular flexibility index (Phi) is 6.74. The highest BCUT2D eigenvalue weighted by Gasteiger charge is 2.23. The fraction of sp³-hybridized carbons (Fsp3) is 0.714. The summed E-state index contributed by atoms with van der Waals surface area (Å²) in [6.45, 7) is 7.52.